The molecule has 1 aliphatic rings. The van der Waals surface area contributed by atoms with Gasteiger partial charge < -0.3 is 14.0 Å². The van der Waals surface area contributed by atoms with Crippen molar-refractivity contribution in [3.8, 4) is 74.0 Å². The molecule has 0 N–H and O–H groups in total. The fraction of sp³-hybridized carbons (Fsp3) is 0.0577. The maximum absolute atomic E-state index is 6.58. The van der Waals surface area contributed by atoms with Crippen LogP contribution in [0.25, 0.3) is 78.4 Å². The highest BCUT2D eigenvalue weighted by Crippen LogP contribution is 2.50. The van der Waals surface area contributed by atoms with Crippen LogP contribution in [0.1, 0.15) is 25.8 Å². The quantitative estimate of drug-likeness (QED) is 0.145. The normalized spacial score (nSPS) is 12.3. The molecule has 6 nitrogen and oxygen atoms in total. The van der Waals surface area contributed by atoms with Gasteiger partial charge in [0.25, 0.3) is 0 Å². The van der Waals surface area contributed by atoms with Gasteiger partial charge in [-0.3, -0.25) is 0 Å². The molecule has 58 heavy (non-hydrogen) atoms. The Balaban J connectivity index is 1.07. The molecule has 7 aromatic carbocycles. The lowest BCUT2D eigenvalue weighted by atomic mass is 10.0. The van der Waals surface area contributed by atoms with Crippen molar-refractivity contribution in [3.05, 3.63) is 188 Å². The van der Waals surface area contributed by atoms with E-state index in [1.54, 1.807) is 0 Å². The first kappa shape index (κ1) is 34.9. The van der Waals surface area contributed by atoms with E-state index in [0.29, 0.717) is 40.5 Å². The van der Waals surface area contributed by atoms with Crippen molar-refractivity contribution < 1.29 is 9.47 Å². The number of benzene rings is 7. The molecule has 0 fully saturated rings. The lowest BCUT2D eigenvalue weighted by Crippen LogP contribution is -2.02. The van der Waals surface area contributed by atoms with Crippen LogP contribution in [0.4, 0.5) is 0 Å². The van der Waals surface area contributed by atoms with Gasteiger partial charge in [-0.25, -0.2) is 15.0 Å². The predicted octanol–water partition coefficient (Wildman–Crippen LogP) is 13.9. The molecule has 0 bridgehead atoms. The average molecular weight is 751 g/mol. The second kappa shape index (κ2) is 14.8. The summed E-state index contributed by atoms with van der Waals surface area (Å²) in [6, 6.07) is 56.0. The van der Waals surface area contributed by atoms with Crippen molar-refractivity contribution in [2.45, 2.75) is 20.3 Å². The molecule has 0 spiro atoms. The molecule has 0 aliphatic carbocycles. The fourth-order valence-corrected chi connectivity index (χ4v) is 7.68. The van der Waals surface area contributed by atoms with Crippen LogP contribution in [-0.2, 0) is 0 Å². The Bertz CT molecular complexity index is 3020. The Hall–Kier alpha value is -7.57. The number of fused-ring (bicyclic) bond motifs is 6. The van der Waals surface area contributed by atoms with Gasteiger partial charge in [-0.1, -0.05) is 134 Å². The summed E-state index contributed by atoms with van der Waals surface area (Å²) >= 11 is 0. The zero-order valence-electron chi connectivity index (χ0n) is 32.1. The third kappa shape index (κ3) is 6.31. The van der Waals surface area contributed by atoms with Gasteiger partial charge in [0.1, 0.15) is 5.52 Å². The number of hydrogen-bond acceptors (Lipinski definition) is 5. The van der Waals surface area contributed by atoms with Crippen LogP contribution in [0.2, 0.25) is 0 Å². The molecule has 278 valence electrons. The van der Waals surface area contributed by atoms with Crippen molar-refractivity contribution in [2.75, 3.05) is 0 Å². The number of hydrogen-bond donors (Lipinski definition) is 0. The van der Waals surface area contributed by atoms with E-state index in [0.717, 1.165) is 67.3 Å². The van der Waals surface area contributed by atoms with Gasteiger partial charge in [-0.2, -0.15) is 0 Å². The first-order valence-electron chi connectivity index (χ1n) is 19.6. The molecule has 0 radical (unpaired) electrons. The largest absolute Gasteiger partial charge is 0.449 e. The number of para-hydroxylation sites is 3. The lowest BCUT2D eigenvalue weighted by molar-refractivity contribution is 0.362. The molecule has 10 rings (SSSR count). The van der Waals surface area contributed by atoms with E-state index in [9.17, 15) is 0 Å². The zero-order chi connectivity index (χ0) is 39.0. The maximum Gasteiger partial charge on any atom is 0.194 e. The molecule has 1 aliphatic heterocycles. The number of ether oxygens (including phenoxy) is 2. The smallest absolute Gasteiger partial charge is 0.194 e. The Morgan fingerprint density at radius 2 is 1.07 bits per heavy atom. The first-order valence-corrected chi connectivity index (χ1v) is 19.6. The second-order valence-corrected chi connectivity index (χ2v) is 14.2. The van der Waals surface area contributed by atoms with E-state index in [1.165, 1.54) is 5.57 Å². The SMILES string of the molecule is C/C=C(\C=C/CC)c1ccc(-c2nc(-c3ccc(-c4ccccc4)cc3)nc(-c3ccc(-n4c5ccccc5c5ccc6c(c54)Oc4ccccc4O6)cc3)n2)cc1. The summed E-state index contributed by atoms with van der Waals surface area (Å²) in [6.45, 7) is 4.21. The van der Waals surface area contributed by atoms with Gasteiger partial charge in [0.2, 0.25) is 0 Å². The summed E-state index contributed by atoms with van der Waals surface area (Å²) in [5.41, 5.74) is 10.3. The zero-order valence-corrected chi connectivity index (χ0v) is 32.1. The van der Waals surface area contributed by atoms with Crippen molar-refractivity contribution in [2.24, 2.45) is 0 Å². The van der Waals surface area contributed by atoms with Gasteiger partial charge in [0, 0.05) is 33.2 Å². The molecule has 0 saturated heterocycles. The van der Waals surface area contributed by atoms with Gasteiger partial charge in [0.15, 0.2) is 40.5 Å². The third-order valence-corrected chi connectivity index (χ3v) is 10.6. The lowest BCUT2D eigenvalue weighted by Gasteiger charge is -2.22. The third-order valence-electron chi connectivity index (χ3n) is 10.6. The second-order valence-electron chi connectivity index (χ2n) is 14.2. The maximum atomic E-state index is 6.58. The van der Waals surface area contributed by atoms with Crippen LogP contribution >= 0.6 is 0 Å². The molecular weight excluding hydrogens is 713 g/mol. The summed E-state index contributed by atoms with van der Waals surface area (Å²) in [5.74, 6) is 4.58. The molecule has 0 unspecified atom stereocenters. The minimum atomic E-state index is 0.593. The van der Waals surface area contributed by atoms with Gasteiger partial charge in [-0.05, 0) is 90.2 Å². The highest BCUT2D eigenvalue weighted by Gasteiger charge is 2.25. The van der Waals surface area contributed by atoms with Gasteiger partial charge in [-0.15, -0.1) is 0 Å². The molecule has 9 aromatic rings. The van der Waals surface area contributed by atoms with E-state index in [1.807, 2.05) is 36.4 Å². The summed E-state index contributed by atoms with van der Waals surface area (Å²) in [4.78, 5) is 15.2. The predicted molar refractivity (Wildman–Crippen MR) is 236 cm³/mol. The van der Waals surface area contributed by atoms with E-state index >= 15 is 0 Å². The molecule has 0 atom stereocenters. The molecular formula is C52H38N4O2. The Morgan fingerprint density at radius 3 is 1.72 bits per heavy atom. The van der Waals surface area contributed by atoms with Crippen molar-refractivity contribution >= 4 is 27.4 Å². The summed E-state index contributed by atoms with van der Waals surface area (Å²) in [6.07, 6.45) is 7.47. The minimum absolute atomic E-state index is 0.593. The number of aromatic nitrogens is 4. The van der Waals surface area contributed by atoms with Crippen LogP contribution in [0.15, 0.2) is 182 Å². The van der Waals surface area contributed by atoms with E-state index < -0.39 is 0 Å². The van der Waals surface area contributed by atoms with Crippen molar-refractivity contribution in [1.82, 2.24) is 19.5 Å². The fourth-order valence-electron chi connectivity index (χ4n) is 7.68. The first-order chi connectivity index (χ1) is 28.6. The van der Waals surface area contributed by atoms with Gasteiger partial charge in [0.05, 0.1) is 5.52 Å². The molecule has 6 heteroatoms. The molecule has 0 saturated carbocycles. The van der Waals surface area contributed by atoms with E-state index in [-0.39, 0.29) is 0 Å². The molecule has 0 amide bonds. The van der Waals surface area contributed by atoms with Crippen molar-refractivity contribution in [3.63, 3.8) is 0 Å². The van der Waals surface area contributed by atoms with Crippen LogP contribution in [0, 0.1) is 0 Å². The topological polar surface area (TPSA) is 62.1 Å². The average Bonchev–Trinajstić information content (AvgIpc) is 3.64. The Kier molecular flexibility index (Phi) is 8.92. The number of rotatable bonds is 8. The number of nitrogens with zero attached hydrogens (tertiary/aromatic N) is 4. The summed E-state index contributed by atoms with van der Waals surface area (Å²) in [7, 11) is 0. The minimum Gasteiger partial charge on any atom is -0.449 e. The molecule has 3 heterocycles. The summed E-state index contributed by atoms with van der Waals surface area (Å²) < 4.78 is 15.2. The highest BCUT2D eigenvalue weighted by molar-refractivity contribution is 6.12. The van der Waals surface area contributed by atoms with Crippen LogP contribution in [-0.4, -0.2) is 19.5 Å². The van der Waals surface area contributed by atoms with Crippen LogP contribution in [0.3, 0.4) is 0 Å². The van der Waals surface area contributed by atoms with Gasteiger partial charge >= 0.3 is 0 Å². The Morgan fingerprint density at radius 1 is 0.517 bits per heavy atom. The Labute approximate surface area is 337 Å². The summed E-state index contributed by atoms with van der Waals surface area (Å²) in [5, 5.41) is 2.21. The number of allylic oxidation sites excluding steroid dienone is 4. The highest BCUT2D eigenvalue weighted by atomic mass is 16.6. The monoisotopic (exact) mass is 750 g/mol. The van der Waals surface area contributed by atoms with E-state index in [2.05, 4.69) is 164 Å². The van der Waals surface area contributed by atoms with Crippen LogP contribution in [0.5, 0.6) is 23.0 Å². The standard InChI is InChI=1S/C52H38N4O2/c1-3-5-13-34(4-2)36-20-24-38(25-21-36)50-53-51(39-26-22-37(23-27-39)35-14-7-6-8-15-35)55-52(54-50)40-28-30-41(31-29-40)56-44-17-10-9-16-42(44)43-32-33-47-49(48(43)56)58-46-19-12-11-18-45(46)57-47/h4-33H,3H2,1-2H3/b13-5-,34-4+. The van der Waals surface area contributed by atoms with Crippen LogP contribution < -0.4 is 9.47 Å². The van der Waals surface area contributed by atoms with Crippen molar-refractivity contribution in [1.29, 1.82) is 0 Å². The molecule has 2 aromatic heterocycles. The van der Waals surface area contributed by atoms with E-state index in [4.69, 9.17) is 24.4 Å².